The third kappa shape index (κ3) is 5.23. The summed E-state index contributed by atoms with van der Waals surface area (Å²) < 4.78 is 22.6. The van der Waals surface area contributed by atoms with E-state index in [4.69, 9.17) is 18.4 Å². The molecule has 1 fully saturated rings. The van der Waals surface area contributed by atoms with Gasteiger partial charge in [0.1, 0.15) is 24.7 Å². The van der Waals surface area contributed by atoms with Gasteiger partial charge in [-0.25, -0.2) is 0 Å². The molecule has 2 aliphatic heterocycles. The van der Waals surface area contributed by atoms with Crippen molar-refractivity contribution in [3.8, 4) is 22.8 Å². The topological polar surface area (TPSA) is 90.0 Å². The molecule has 0 saturated carbocycles. The van der Waals surface area contributed by atoms with Gasteiger partial charge in [-0.1, -0.05) is 12.1 Å². The van der Waals surface area contributed by atoms with Crippen molar-refractivity contribution in [3.05, 3.63) is 53.6 Å². The summed E-state index contributed by atoms with van der Waals surface area (Å²) in [7, 11) is 0. The van der Waals surface area contributed by atoms with Crippen LogP contribution >= 0.6 is 12.4 Å². The number of benzene rings is 1. The summed E-state index contributed by atoms with van der Waals surface area (Å²) in [6, 6.07) is 11.1. The highest BCUT2D eigenvalue weighted by Crippen LogP contribution is 2.34. The molecule has 5 rings (SSSR count). The molecule has 9 heteroatoms. The Hall–Kier alpha value is -2.97. The van der Waals surface area contributed by atoms with Crippen LogP contribution in [0.1, 0.15) is 47.8 Å². The molecule has 3 aromatic rings. The first-order valence-corrected chi connectivity index (χ1v) is 11.5. The zero-order valence-electron chi connectivity index (χ0n) is 19.4. The van der Waals surface area contributed by atoms with Crippen molar-refractivity contribution in [2.45, 2.75) is 32.7 Å². The second-order valence-electron chi connectivity index (χ2n) is 8.83. The standard InChI is InChI=1S/C25H29N3O5.ClH/c1-16-7-9-28(10-8-16)20(21-5-3-17(2)32-21)15-26-25(29)19-14-23(33-27-19)18-4-6-22-24(13-18)31-12-11-30-22;/h3-6,13-14,16,20H,7-12,15H2,1-2H3,(H,26,29);1H. The van der Waals surface area contributed by atoms with E-state index in [0.717, 1.165) is 48.9 Å². The molecule has 1 saturated heterocycles. The molecule has 1 aromatic carbocycles. The quantitative estimate of drug-likeness (QED) is 0.541. The van der Waals surface area contributed by atoms with Gasteiger partial charge in [0, 0.05) is 18.2 Å². The van der Waals surface area contributed by atoms with E-state index >= 15 is 0 Å². The number of aryl methyl sites for hydroxylation is 1. The van der Waals surface area contributed by atoms with Crippen molar-refractivity contribution < 1.29 is 23.2 Å². The molecular formula is C25H30ClN3O5. The Bertz CT molecular complexity index is 1120. The van der Waals surface area contributed by atoms with Gasteiger partial charge in [0.25, 0.3) is 5.91 Å². The fourth-order valence-electron chi connectivity index (χ4n) is 4.38. The van der Waals surface area contributed by atoms with E-state index in [1.807, 2.05) is 37.3 Å². The van der Waals surface area contributed by atoms with E-state index in [0.29, 0.717) is 37.0 Å². The number of nitrogens with zero attached hydrogens (tertiary/aromatic N) is 2. The van der Waals surface area contributed by atoms with Crippen LogP contribution in [0, 0.1) is 12.8 Å². The van der Waals surface area contributed by atoms with E-state index in [1.165, 1.54) is 0 Å². The number of carbonyl (C=O) groups is 1. The van der Waals surface area contributed by atoms with Gasteiger partial charge < -0.3 is 23.7 Å². The van der Waals surface area contributed by atoms with E-state index in [-0.39, 0.29) is 30.0 Å². The summed E-state index contributed by atoms with van der Waals surface area (Å²) in [4.78, 5) is 15.3. The van der Waals surface area contributed by atoms with Crippen molar-refractivity contribution in [1.82, 2.24) is 15.4 Å². The van der Waals surface area contributed by atoms with E-state index in [2.05, 4.69) is 22.3 Å². The number of halogens is 1. The third-order valence-corrected chi connectivity index (χ3v) is 6.37. The van der Waals surface area contributed by atoms with Crippen molar-refractivity contribution in [3.63, 3.8) is 0 Å². The number of carbonyl (C=O) groups excluding carboxylic acids is 1. The Kier molecular flexibility index (Phi) is 7.48. The number of likely N-dealkylation sites (tertiary alicyclic amines) is 1. The number of aromatic nitrogens is 1. The van der Waals surface area contributed by atoms with Crippen LogP contribution in [-0.4, -0.2) is 48.8 Å². The van der Waals surface area contributed by atoms with Crippen molar-refractivity contribution >= 4 is 18.3 Å². The largest absolute Gasteiger partial charge is 0.486 e. The Balaban J connectivity index is 0.00000274. The molecule has 8 nitrogen and oxygen atoms in total. The number of hydrogen-bond donors (Lipinski definition) is 1. The molecule has 0 aliphatic carbocycles. The first-order chi connectivity index (χ1) is 16.1. The van der Waals surface area contributed by atoms with Gasteiger partial charge in [-0.2, -0.15) is 0 Å². The summed E-state index contributed by atoms with van der Waals surface area (Å²) in [5.74, 6) is 4.06. The van der Waals surface area contributed by atoms with Crippen LogP contribution in [0.15, 0.2) is 45.3 Å². The Morgan fingerprint density at radius 2 is 1.88 bits per heavy atom. The Labute approximate surface area is 205 Å². The summed E-state index contributed by atoms with van der Waals surface area (Å²) in [6.45, 7) is 7.67. The summed E-state index contributed by atoms with van der Waals surface area (Å²) in [5.41, 5.74) is 1.01. The van der Waals surface area contributed by atoms with Gasteiger partial charge in [0.05, 0.1) is 6.04 Å². The molecule has 2 aliphatic rings. The van der Waals surface area contributed by atoms with Gasteiger partial charge in [-0.05, 0) is 69.1 Å². The molecule has 0 spiro atoms. The third-order valence-electron chi connectivity index (χ3n) is 6.37. The van der Waals surface area contributed by atoms with Crippen LogP contribution in [0.5, 0.6) is 11.5 Å². The molecule has 182 valence electrons. The van der Waals surface area contributed by atoms with Crippen LogP contribution < -0.4 is 14.8 Å². The minimum absolute atomic E-state index is 0. The van der Waals surface area contributed by atoms with Gasteiger partial charge in [-0.3, -0.25) is 9.69 Å². The maximum absolute atomic E-state index is 12.9. The molecule has 0 bridgehead atoms. The predicted molar refractivity (Wildman–Crippen MR) is 129 cm³/mol. The zero-order chi connectivity index (χ0) is 22.8. The predicted octanol–water partition coefficient (Wildman–Crippen LogP) is 4.64. The Morgan fingerprint density at radius 3 is 2.62 bits per heavy atom. The first kappa shape index (κ1) is 24.2. The molecular weight excluding hydrogens is 458 g/mol. The number of amides is 1. The number of hydrogen-bond acceptors (Lipinski definition) is 7. The normalized spacial score (nSPS) is 17.1. The number of nitrogens with one attached hydrogen (secondary N) is 1. The number of piperidine rings is 1. The molecule has 2 aromatic heterocycles. The number of ether oxygens (including phenoxy) is 2. The van der Waals surface area contributed by atoms with Gasteiger partial charge in [0.2, 0.25) is 0 Å². The fourth-order valence-corrected chi connectivity index (χ4v) is 4.38. The number of fused-ring (bicyclic) bond motifs is 1. The fraction of sp³-hybridized carbons (Fsp3) is 0.440. The van der Waals surface area contributed by atoms with Gasteiger partial charge in [-0.15, -0.1) is 12.4 Å². The van der Waals surface area contributed by atoms with E-state index in [9.17, 15) is 4.79 Å². The van der Waals surface area contributed by atoms with Crippen LogP contribution in [0.2, 0.25) is 0 Å². The molecule has 1 amide bonds. The maximum atomic E-state index is 12.9. The number of rotatable bonds is 6. The van der Waals surface area contributed by atoms with E-state index in [1.54, 1.807) is 6.07 Å². The van der Waals surface area contributed by atoms with Crippen LogP contribution in [-0.2, 0) is 0 Å². The minimum Gasteiger partial charge on any atom is -0.486 e. The zero-order valence-corrected chi connectivity index (χ0v) is 20.2. The highest BCUT2D eigenvalue weighted by Gasteiger charge is 2.28. The van der Waals surface area contributed by atoms with Gasteiger partial charge >= 0.3 is 0 Å². The van der Waals surface area contributed by atoms with Crippen molar-refractivity contribution in [1.29, 1.82) is 0 Å². The summed E-state index contributed by atoms with van der Waals surface area (Å²) >= 11 is 0. The highest BCUT2D eigenvalue weighted by atomic mass is 35.5. The van der Waals surface area contributed by atoms with Crippen molar-refractivity contribution in [2.75, 3.05) is 32.8 Å². The SMILES string of the molecule is Cc1ccc(C(CNC(=O)c2cc(-c3ccc4c(c3)OCCO4)on2)N2CCC(C)CC2)o1.Cl. The highest BCUT2D eigenvalue weighted by molar-refractivity contribution is 5.93. The van der Waals surface area contributed by atoms with Crippen LogP contribution in [0.25, 0.3) is 11.3 Å². The van der Waals surface area contributed by atoms with Crippen molar-refractivity contribution in [2.24, 2.45) is 5.92 Å². The first-order valence-electron chi connectivity index (χ1n) is 11.5. The summed E-state index contributed by atoms with van der Waals surface area (Å²) in [5, 5.41) is 7.01. The van der Waals surface area contributed by atoms with Crippen LogP contribution in [0.3, 0.4) is 0 Å². The lowest BCUT2D eigenvalue weighted by molar-refractivity contribution is 0.0887. The number of furan rings is 1. The monoisotopic (exact) mass is 487 g/mol. The Morgan fingerprint density at radius 1 is 1.12 bits per heavy atom. The second-order valence-corrected chi connectivity index (χ2v) is 8.83. The maximum Gasteiger partial charge on any atom is 0.273 e. The van der Waals surface area contributed by atoms with Gasteiger partial charge in [0.15, 0.2) is 23.0 Å². The van der Waals surface area contributed by atoms with E-state index < -0.39 is 0 Å². The molecule has 1 atom stereocenters. The molecule has 4 heterocycles. The molecule has 34 heavy (non-hydrogen) atoms. The lowest BCUT2D eigenvalue weighted by atomic mass is 9.97. The lowest BCUT2D eigenvalue weighted by Gasteiger charge is -2.35. The second kappa shape index (κ2) is 10.5. The van der Waals surface area contributed by atoms with Crippen LogP contribution in [0.4, 0.5) is 0 Å². The summed E-state index contributed by atoms with van der Waals surface area (Å²) in [6.07, 6.45) is 2.29. The molecule has 0 radical (unpaired) electrons. The average Bonchev–Trinajstić information content (AvgIpc) is 3.50. The smallest absolute Gasteiger partial charge is 0.273 e. The average molecular weight is 488 g/mol. The minimum atomic E-state index is -0.277. The molecule has 1 unspecified atom stereocenters. The lowest BCUT2D eigenvalue weighted by Crippen LogP contribution is -2.41. The molecule has 1 N–H and O–H groups in total.